The highest BCUT2D eigenvalue weighted by Crippen LogP contribution is 2.31. The molecule has 1 fully saturated rings. The van der Waals surface area contributed by atoms with E-state index in [1.807, 2.05) is 35.2 Å². The Balaban J connectivity index is 1.59. The minimum atomic E-state index is -0.0503. The van der Waals surface area contributed by atoms with E-state index in [0.29, 0.717) is 30.7 Å². The lowest BCUT2D eigenvalue weighted by atomic mass is 10.2. The number of fused-ring (bicyclic) bond motifs is 1. The van der Waals surface area contributed by atoms with Crippen LogP contribution in [0.3, 0.4) is 0 Å². The third-order valence-electron chi connectivity index (χ3n) is 3.98. The Hall–Kier alpha value is -2.18. The zero-order valence-corrected chi connectivity index (χ0v) is 13.6. The van der Waals surface area contributed by atoms with E-state index in [1.165, 1.54) is 0 Å². The number of thiazole rings is 1. The van der Waals surface area contributed by atoms with Gasteiger partial charge in [-0.05, 0) is 31.2 Å². The predicted molar refractivity (Wildman–Crippen MR) is 90.7 cm³/mol. The highest BCUT2D eigenvalue weighted by atomic mass is 32.1. The van der Waals surface area contributed by atoms with E-state index in [-0.39, 0.29) is 5.91 Å². The van der Waals surface area contributed by atoms with Crippen LogP contribution < -0.4 is 5.32 Å². The second-order valence-corrected chi connectivity index (χ2v) is 6.79. The summed E-state index contributed by atoms with van der Waals surface area (Å²) in [4.78, 5) is 19.0. The van der Waals surface area contributed by atoms with Crippen LogP contribution in [0.4, 0.5) is 0 Å². The fraction of sp³-hybridized carbons (Fsp3) is 0.294. The summed E-state index contributed by atoms with van der Waals surface area (Å²) in [5.41, 5.74) is 0.952. The number of nitrogens with zero attached hydrogens (tertiary/aromatic N) is 2. The van der Waals surface area contributed by atoms with Gasteiger partial charge in [-0.15, -0.1) is 11.3 Å². The van der Waals surface area contributed by atoms with Crippen LogP contribution in [0.25, 0.3) is 21.0 Å². The molecule has 1 amide bonds. The summed E-state index contributed by atoms with van der Waals surface area (Å²) in [7, 11) is 0. The molecule has 4 rings (SSSR count). The maximum Gasteiger partial charge on any atom is 0.289 e. The molecule has 23 heavy (non-hydrogen) atoms. The Morgan fingerprint density at radius 3 is 3.04 bits per heavy atom. The van der Waals surface area contributed by atoms with Gasteiger partial charge in [0, 0.05) is 25.7 Å². The summed E-state index contributed by atoms with van der Waals surface area (Å²) >= 11 is 1.57. The summed E-state index contributed by atoms with van der Waals surface area (Å²) in [5.74, 6) is 0.983. The molecular weight excluding hydrogens is 310 g/mol. The Morgan fingerprint density at radius 2 is 2.22 bits per heavy atom. The quantitative estimate of drug-likeness (QED) is 0.786. The van der Waals surface area contributed by atoms with Crippen LogP contribution in [-0.2, 0) is 0 Å². The van der Waals surface area contributed by atoms with Crippen molar-refractivity contribution >= 4 is 27.5 Å². The van der Waals surface area contributed by atoms with Crippen molar-refractivity contribution in [1.29, 1.82) is 0 Å². The van der Waals surface area contributed by atoms with Crippen molar-refractivity contribution in [2.24, 2.45) is 0 Å². The number of rotatable bonds is 2. The van der Waals surface area contributed by atoms with Crippen molar-refractivity contribution in [1.82, 2.24) is 15.2 Å². The molecule has 0 radical (unpaired) electrons. The van der Waals surface area contributed by atoms with Gasteiger partial charge in [0.25, 0.3) is 5.91 Å². The number of aromatic nitrogens is 1. The van der Waals surface area contributed by atoms with E-state index in [1.54, 1.807) is 17.4 Å². The highest BCUT2D eigenvalue weighted by Gasteiger charge is 2.24. The first kappa shape index (κ1) is 14.4. The van der Waals surface area contributed by atoms with E-state index in [0.717, 1.165) is 21.8 Å². The van der Waals surface area contributed by atoms with Crippen molar-refractivity contribution in [2.45, 2.75) is 13.0 Å². The summed E-state index contributed by atoms with van der Waals surface area (Å²) in [6.07, 6.45) is 0. The molecule has 1 saturated heterocycles. The van der Waals surface area contributed by atoms with Gasteiger partial charge in [-0.2, -0.15) is 0 Å². The maximum atomic E-state index is 12.5. The van der Waals surface area contributed by atoms with E-state index in [9.17, 15) is 4.79 Å². The molecule has 2 aromatic heterocycles. The number of nitrogens with one attached hydrogen (secondary N) is 1. The van der Waals surface area contributed by atoms with Gasteiger partial charge in [0.05, 0.1) is 10.2 Å². The van der Waals surface area contributed by atoms with Crippen LogP contribution >= 0.6 is 11.3 Å². The van der Waals surface area contributed by atoms with Crippen LogP contribution in [0.1, 0.15) is 17.5 Å². The van der Waals surface area contributed by atoms with Crippen LogP contribution in [0.5, 0.6) is 0 Å². The lowest BCUT2D eigenvalue weighted by Crippen LogP contribution is -2.51. The lowest BCUT2D eigenvalue weighted by Gasteiger charge is -2.31. The number of furan rings is 1. The average Bonchev–Trinajstić information content (AvgIpc) is 3.20. The molecule has 0 saturated carbocycles. The monoisotopic (exact) mass is 327 g/mol. The number of carbonyl (C=O) groups excluding carboxylic acids is 1. The molecule has 1 aliphatic heterocycles. The third kappa shape index (κ3) is 2.75. The van der Waals surface area contributed by atoms with Crippen LogP contribution in [0.15, 0.2) is 40.8 Å². The topological polar surface area (TPSA) is 58.4 Å². The fourth-order valence-electron chi connectivity index (χ4n) is 2.82. The van der Waals surface area contributed by atoms with Gasteiger partial charge < -0.3 is 14.6 Å². The SMILES string of the molecule is CC1CN(C(=O)c2ccc(-c3nc4ccccc4s3)o2)CCN1. The minimum Gasteiger partial charge on any atom is -0.448 e. The molecule has 1 aliphatic rings. The molecule has 0 spiro atoms. The smallest absolute Gasteiger partial charge is 0.289 e. The Morgan fingerprint density at radius 1 is 1.35 bits per heavy atom. The zero-order valence-electron chi connectivity index (χ0n) is 12.8. The number of hydrogen-bond donors (Lipinski definition) is 1. The molecule has 5 nitrogen and oxygen atoms in total. The Kier molecular flexibility index (Phi) is 3.63. The maximum absolute atomic E-state index is 12.5. The number of benzene rings is 1. The number of piperazine rings is 1. The lowest BCUT2D eigenvalue weighted by molar-refractivity contribution is 0.0678. The molecule has 1 atom stereocenters. The normalized spacial score (nSPS) is 18.5. The standard InChI is InChI=1S/C17H17N3O2S/c1-11-10-20(9-8-18-11)17(21)14-7-6-13(22-14)16-19-12-4-2-3-5-15(12)23-16/h2-7,11,18H,8-10H2,1H3. The molecule has 118 valence electrons. The van der Waals surface area contributed by atoms with Gasteiger partial charge in [0.2, 0.25) is 0 Å². The highest BCUT2D eigenvalue weighted by molar-refractivity contribution is 7.21. The molecule has 1 unspecified atom stereocenters. The molecule has 1 N–H and O–H groups in total. The van der Waals surface area contributed by atoms with Gasteiger partial charge in [-0.1, -0.05) is 12.1 Å². The fourth-order valence-corrected chi connectivity index (χ4v) is 3.75. The second kappa shape index (κ2) is 5.79. The molecule has 1 aromatic carbocycles. The first-order chi connectivity index (χ1) is 11.2. The summed E-state index contributed by atoms with van der Waals surface area (Å²) in [6, 6.07) is 11.9. The van der Waals surface area contributed by atoms with Gasteiger partial charge >= 0.3 is 0 Å². The van der Waals surface area contributed by atoms with E-state index < -0.39 is 0 Å². The van der Waals surface area contributed by atoms with Crippen LogP contribution in [0.2, 0.25) is 0 Å². The van der Waals surface area contributed by atoms with Gasteiger partial charge in [0.1, 0.15) is 0 Å². The zero-order chi connectivity index (χ0) is 15.8. The van der Waals surface area contributed by atoms with Crippen molar-refractivity contribution in [3.05, 3.63) is 42.2 Å². The molecule has 0 bridgehead atoms. The van der Waals surface area contributed by atoms with Gasteiger partial charge in [-0.25, -0.2) is 4.98 Å². The average molecular weight is 327 g/mol. The number of hydrogen-bond acceptors (Lipinski definition) is 5. The van der Waals surface area contributed by atoms with Crippen LogP contribution in [0, 0.1) is 0 Å². The number of carbonyl (C=O) groups is 1. The first-order valence-corrected chi connectivity index (χ1v) is 8.51. The Labute approximate surface area is 137 Å². The summed E-state index contributed by atoms with van der Waals surface area (Å²) in [6.45, 7) is 4.31. The second-order valence-electron chi connectivity index (χ2n) is 5.76. The van der Waals surface area contributed by atoms with Crippen molar-refractivity contribution in [3.8, 4) is 10.8 Å². The van der Waals surface area contributed by atoms with Crippen molar-refractivity contribution in [3.63, 3.8) is 0 Å². The van der Waals surface area contributed by atoms with Crippen molar-refractivity contribution < 1.29 is 9.21 Å². The van der Waals surface area contributed by atoms with Crippen molar-refractivity contribution in [2.75, 3.05) is 19.6 Å². The molecule has 3 aromatic rings. The van der Waals surface area contributed by atoms with E-state index in [4.69, 9.17) is 4.42 Å². The molecule has 3 heterocycles. The Bertz CT molecular complexity index is 821. The first-order valence-electron chi connectivity index (χ1n) is 7.69. The third-order valence-corrected chi connectivity index (χ3v) is 5.03. The summed E-state index contributed by atoms with van der Waals surface area (Å²) < 4.78 is 6.90. The van der Waals surface area contributed by atoms with E-state index >= 15 is 0 Å². The predicted octanol–water partition coefficient (Wildman–Crippen LogP) is 2.99. The van der Waals surface area contributed by atoms with Gasteiger partial charge in [0.15, 0.2) is 16.5 Å². The van der Waals surface area contributed by atoms with Crippen LogP contribution in [-0.4, -0.2) is 41.5 Å². The largest absolute Gasteiger partial charge is 0.448 e. The number of para-hydroxylation sites is 1. The minimum absolute atomic E-state index is 0.0503. The molecular formula is C17H17N3O2S. The molecule has 0 aliphatic carbocycles. The molecule has 6 heteroatoms. The summed E-state index contributed by atoms with van der Waals surface area (Å²) in [5, 5.41) is 4.14. The van der Waals surface area contributed by atoms with E-state index in [2.05, 4.69) is 17.2 Å². The van der Waals surface area contributed by atoms with Gasteiger partial charge in [-0.3, -0.25) is 4.79 Å². The number of amides is 1.